The average molecular weight is 277 g/mol. The van der Waals surface area contributed by atoms with Gasteiger partial charge in [0.05, 0.1) is 0 Å². The minimum Gasteiger partial charge on any atom is -0.370 e. The molecule has 2 unspecified atom stereocenters. The molecule has 0 bridgehead atoms. The number of hydrogen-bond donors (Lipinski definition) is 1. The van der Waals surface area contributed by atoms with Crippen LogP contribution in [-0.2, 0) is 4.74 Å². The summed E-state index contributed by atoms with van der Waals surface area (Å²) in [6.45, 7) is 10.2. The largest absolute Gasteiger partial charge is 0.370 e. The average Bonchev–Trinajstić information content (AvgIpc) is 3.26. The van der Waals surface area contributed by atoms with Gasteiger partial charge in [0.2, 0.25) is 0 Å². The molecule has 2 atom stereocenters. The molecule has 1 saturated carbocycles. The normalized spacial score (nSPS) is 18.0. The molecule has 1 aliphatic rings. The summed E-state index contributed by atoms with van der Waals surface area (Å²) in [6, 6.07) is 0.301. The molecule has 1 aliphatic carbocycles. The van der Waals surface area contributed by atoms with Gasteiger partial charge < -0.3 is 10.1 Å². The molecule has 2 rings (SSSR count). The zero-order valence-corrected chi connectivity index (χ0v) is 13.1. The number of rotatable bonds is 8. The van der Waals surface area contributed by atoms with Crippen LogP contribution in [0.2, 0.25) is 0 Å². The van der Waals surface area contributed by atoms with Crippen molar-refractivity contribution in [3.05, 3.63) is 23.3 Å². The maximum absolute atomic E-state index is 5.83. The summed E-state index contributed by atoms with van der Waals surface area (Å²) < 4.78 is 5.83. The van der Waals surface area contributed by atoms with Gasteiger partial charge >= 0.3 is 0 Å². The quantitative estimate of drug-likeness (QED) is 0.791. The van der Waals surface area contributed by atoms with Gasteiger partial charge in [-0.1, -0.05) is 6.92 Å². The topological polar surface area (TPSA) is 47.0 Å². The highest BCUT2D eigenvalue weighted by molar-refractivity contribution is 5.21. The maximum atomic E-state index is 5.83. The van der Waals surface area contributed by atoms with E-state index in [1.807, 2.05) is 13.1 Å². The van der Waals surface area contributed by atoms with Crippen molar-refractivity contribution in [2.75, 3.05) is 13.2 Å². The number of nitrogens with one attached hydrogen (secondary N) is 1. The van der Waals surface area contributed by atoms with Crippen molar-refractivity contribution in [1.29, 1.82) is 0 Å². The number of aromatic nitrogens is 2. The third-order valence-electron chi connectivity index (χ3n) is 3.85. The molecule has 1 fully saturated rings. The van der Waals surface area contributed by atoms with Crippen LogP contribution in [0.1, 0.15) is 69.3 Å². The summed E-state index contributed by atoms with van der Waals surface area (Å²) in [5, 5.41) is 3.49. The fourth-order valence-corrected chi connectivity index (χ4v) is 2.53. The second-order valence-corrected chi connectivity index (χ2v) is 5.66. The van der Waals surface area contributed by atoms with Crippen molar-refractivity contribution in [2.24, 2.45) is 5.92 Å². The van der Waals surface area contributed by atoms with Crippen LogP contribution in [0.15, 0.2) is 6.20 Å². The van der Waals surface area contributed by atoms with E-state index in [-0.39, 0.29) is 6.10 Å². The summed E-state index contributed by atoms with van der Waals surface area (Å²) >= 11 is 0. The summed E-state index contributed by atoms with van der Waals surface area (Å²) in [6.07, 6.45) is 5.68. The van der Waals surface area contributed by atoms with Gasteiger partial charge in [0.1, 0.15) is 6.10 Å². The third kappa shape index (κ3) is 3.76. The van der Waals surface area contributed by atoms with Crippen LogP contribution in [-0.4, -0.2) is 23.1 Å². The SMILES string of the molecule is CCCNC(C)c1cnc(C(OCC)C2CC2)nc1C. The lowest BCUT2D eigenvalue weighted by Gasteiger charge is -2.19. The number of nitrogens with zero attached hydrogens (tertiary/aromatic N) is 2. The summed E-state index contributed by atoms with van der Waals surface area (Å²) in [5.41, 5.74) is 2.25. The molecule has 1 heterocycles. The van der Waals surface area contributed by atoms with E-state index in [0.717, 1.165) is 31.1 Å². The molecule has 4 heteroatoms. The van der Waals surface area contributed by atoms with Gasteiger partial charge in [0, 0.05) is 30.1 Å². The molecule has 0 aliphatic heterocycles. The third-order valence-corrected chi connectivity index (χ3v) is 3.85. The molecule has 1 aromatic heterocycles. The molecular formula is C16H27N3O. The predicted molar refractivity (Wildman–Crippen MR) is 80.6 cm³/mol. The maximum Gasteiger partial charge on any atom is 0.157 e. The first kappa shape index (κ1) is 15.4. The van der Waals surface area contributed by atoms with Crippen LogP contribution in [0, 0.1) is 12.8 Å². The molecule has 20 heavy (non-hydrogen) atoms. The molecule has 0 aromatic carbocycles. The van der Waals surface area contributed by atoms with Crippen LogP contribution in [0.4, 0.5) is 0 Å². The van der Waals surface area contributed by atoms with Gasteiger partial charge in [0.25, 0.3) is 0 Å². The number of aryl methyl sites for hydroxylation is 1. The van der Waals surface area contributed by atoms with Crippen LogP contribution in [0.3, 0.4) is 0 Å². The Balaban J connectivity index is 2.11. The van der Waals surface area contributed by atoms with E-state index >= 15 is 0 Å². The molecule has 1 N–H and O–H groups in total. The van der Waals surface area contributed by atoms with Crippen LogP contribution in [0.5, 0.6) is 0 Å². The smallest absolute Gasteiger partial charge is 0.157 e. The Hall–Kier alpha value is -1.00. The van der Waals surface area contributed by atoms with Gasteiger partial charge in [-0.05, 0) is 52.5 Å². The van der Waals surface area contributed by atoms with E-state index in [0.29, 0.717) is 12.0 Å². The van der Waals surface area contributed by atoms with E-state index in [1.165, 1.54) is 18.4 Å². The monoisotopic (exact) mass is 277 g/mol. The highest BCUT2D eigenvalue weighted by Crippen LogP contribution is 2.42. The molecular weight excluding hydrogens is 250 g/mol. The number of hydrogen-bond acceptors (Lipinski definition) is 4. The Morgan fingerprint density at radius 3 is 2.70 bits per heavy atom. The Kier molecular flexibility index (Phi) is 5.49. The van der Waals surface area contributed by atoms with Gasteiger partial charge in [-0.15, -0.1) is 0 Å². The first-order chi connectivity index (χ1) is 9.67. The van der Waals surface area contributed by atoms with E-state index < -0.39 is 0 Å². The van der Waals surface area contributed by atoms with Crippen molar-refractivity contribution < 1.29 is 4.74 Å². The Morgan fingerprint density at radius 2 is 2.15 bits per heavy atom. The second kappa shape index (κ2) is 7.14. The first-order valence-electron chi connectivity index (χ1n) is 7.85. The number of ether oxygens (including phenoxy) is 1. The summed E-state index contributed by atoms with van der Waals surface area (Å²) in [7, 11) is 0. The van der Waals surface area contributed by atoms with Crippen LogP contribution < -0.4 is 5.32 Å². The zero-order chi connectivity index (χ0) is 14.5. The fourth-order valence-electron chi connectivity index (χ4n) is 2.53. The van der Waals surface area contributed by atoms with Crippen molar-refractivity contribution in [3.8, 4) is 0 Å². The second-order valence-electron chi connectivity index (χ2n) is 5.66. The summed E-state index contributed by atoms with van der Waals surface area (Å²) in [4.78, 5) is 9.28. The molecule has 0 radical (unpaired) electrons. The van der Waals surface area contributed by atoms with E-state index in [1.54, 1.807) is 0 Å². The van der Waals surface area contributed by atoms with Crippen molar-refractivity contribution >= 4 is 0 Å². The Labute approximate surface area is 122 Å². The Bertz CT molecular complexity index is 432. The van der Waals surface area contributed by atoms with Gasteiger partial charge in [-0.25, -0.2) is 9.97 Å². The van der Waals surface area contributed by atoms with Crippen LogP contribution >= 0.6 is 0 Å². The minimum absolute atomic E-state index is 0.0895. The molecule has 0 spiro atoms. The van der Waals surface area contributed by atoms with Gasteiger partial charge in [0.15, 0.2) is 5.82 Å². The van der Waals surface area contributed by atoms with Gasteiger partial charge in [-0.2, -0.15) is 0 Å². The standard InChI is InChI=1S/C16H27N3O/c1-5-9-17-11(3)14-10-18-16(19-12(14)4)15(20-6-2)13-7-8-13/h10-11,13,15,17H,5-9H2,1-4H3. The highest BCUT2D eigenvalue weighted by atomic mass is 16.5. The molecule has 4 nitrogen and oxygen atoms in total. The first-order valence-corrected chi connectivity index (χ1v) is 7.85. The predicted octanol–water partition coefficient (Wildman–Crippen LogP) is 3.33. The molecule has 0 saturated heterocycles. The lowest BCUT2D eigenvalue weighted by Crippen LogP contribution is -2.21. The van der Waals surface area contributed by atoms with E-state index in [9.17, 15) is 0 Å². The molecule has 0 amide bonds. The lowest BCUT2D eigenvalue weighted by atomic mass is 10.1. The van der Waals surface area contributed by atoms with E-state index in [2.05, 4.69) is 31.1 Å². The Morgan fingerprint density at radius 1 is 1.40 bits per heavy atom. The van der Waals surface area contributed by atoms with Gasteiger partial charge in [-0.3, -0.25) is 0 Å². The highest BCUT2D eigenvalue weighted by Gasteiger charge is 2.35. The van der Waals surface area contributed by atoms with Crippen molar-refractivity contribution in [3.63, 3.8) is 0 Å². The van der Waals surface area contributed by atoms with Crippen molar-refractivity contribution in [1.82, 2.24) is 15.3 Å². The van der Waals surface area contributed by atoms with E-state index in [4.69, 9.17) is 9.72 Å². The lowest BCUT2D eigenvalue weighted by molar-refractivity contribution is 0.0398. The van der Waals surface area contributed by atoms with Crippen molar-refractivity contribution in [2.45, 2.75) is 59.1 Å². The molecule has 112 valence electrons. The summed E-state index contributed by atoms with van der Waals surface area (Å²) in [5.74, 6) is 1.48. The molecule has 1 aromatic rings. The minimum atomic E-state index is 0.0895. The fraction of sp³-hybridized carbons (Fsp3) is 0.750. The zero-order valence-electron chi connectivity index (χ0n) is 13.1. The van der Waals surface area contributed by atoms with Crippen LogP contribution in [0.25, 0.3) is 0 Å².